The molecular formula is C14H17ClFNO5. The molecule has 1 atom stereocenters. The van der Waals surface area contributed by atoms with Crippen LogP contribution in [0.2, 0.25) is 5.02 Å². The van der Waals surface area contributed by atoms with Crippen molar-refractivity contribution in [1.82, 2.24) is 5.32 Å². The van der Waals surface area contributed by atoms with Crippen molar-refractivity contribution in [2.24, 2.45) is 0 Å². The van der Waals surface area contributed by atoms with Gasteiger partial charge in [-0.25, -0.2) is 9.18 Å². The molecule has 1 rings (SSSR count). The quantitative estimate of drug-likeness (QED) is 0.577. The zero-order valence-corrected chi connectivity index (χ0v) is 13.0. The third-order valence-electron chi connectivity index (χ3n) is 2.52. The second kappa shape index (κ2) is 9.22. The average molecular weight is 334 g/mol. The van der Waals surface area contributed by atoms with Crippen molar-refractivity contribution in [3.63, 3.8) is 0 Å². The van der Waals surface area contributed by atoms with Gasteiger partial charge in [-0.2, -0.15) is 0 Å². The van der Waals surface area contributed by atoms with Gasteiger partial charge in [0.2, 0.25) is 0 Å². The van der Waals surface area contributed by atoms with E-state index in [0.717, 1.165) is 12.1 Å². The Morgan fingerprint density at radius 2 is 2.14 bits per heavy atom. The van der Waals surface area contributed by atoms with Gasteiger partial charge in [0.15, 0.2) is 12.7 Å². The van der Waals surface area contributed by atoms with E-state index in [9.17, 15) is 14.0 Å². The van der Waals surface area contributed by atoms with Gasteiger partial charge in [0.1, 0.15) is 11.6 Å². The molecule has 0 aliphatic rings. The number of nitrogens with one attached hydrogen (secondary N) is 1. The summed E-state index contributed by atoms with van der Waals surface area (Å²) in [6.07, 6.45) is -0.961. The van der Waals surface area contributed by atoms with Gasteiger partial charge in [0.05, 0.1) is 11.6 Å². The van der Waals surface area contributed by atoms with Crippen LogP contribution in [0.15, 0.2) is 18.2 Å². The predicted octanol–water partition coefficient (Wildman–Crippen LogP) is 1.55. The maximum absolute atomic E-state index is 12.8. The van der Waals surface area contributed by atoms with E-state index < -0.39 is 30.4 Å². The Kier molecular flexibility index (Phi) is 7.62. The highest BCUT2D eigenvalue weighted by molar-refractivity contribution is 6.32. The van der Waals surface area contributed by atoms with E-state index in [2.05, 4.69) is 5.32 Å². The lowest BCUT2D eigenvalue weighted by Crippen LogP contribution is -2.38. The molecule has 0 heterocycles. The SMILES string of the molecule is COCCNC(=O)[C@@H](C)OC(=O)COc1ccc(F)cc1Cl. The number of benzene rings is 1. The zero-order valence-electron chi connectivity index (χ0n) is 12.2. The second-order valence-electron chi connectivity index (χ2n) is 4.28. The molecule has 0 spiro atoms. The summed E-state index contributed by atoms with van der Waals surface area (Å²) >= 11 is 5.75. The van der Waals surface area contributed by atoms with E-state index in [1.807, 2.05) is 0 Å². The van der Waals surface area contributed by atoms with Crippen molar-refractivity contribution >= 4 is 23.5 Å². The first-order chi connectivity index (χ1) is 10.4. The molecule has 8 heteroatoms. The monoisotopic (exact) mass is 333 g/mol. The molecule has 0 saturated heterocycles. The molecule has 0 aliphatic heterocycles. The molecule has 22 heavy (non-hydrogen) atoms. The molecule has 0 bridgehead atoms. The van der Waals surface area contributed by atoms with Crippen LogP contribution >= 0.6 is 11.6 Å². The van der Waals surface area contributed by atoms with Crippen LogP contribution in [0.25, 0.3) is 0 Å². The summed E-state index contributed by atoms with van der Waals surface area (Å²) in [7, 11) is 1.51. The van der Waals surface area contributed by atoms with Crippen LogP contribution in [-0.4, -0.2) is 44.8 Å². The molecule has 0 fully saturated rings. The first-order valence-electron chi connectivity index (χ1n) is 6.48. The van der Waals surface area contributed by atoms with Gasteiger partial charge >= 0.3 is 5.97 Å². The third kappa shape index (κ3) is 6.28. The normalized spacial score (nSPS) is 11.6. The van der Waals surface area contributed by atoms with E-state index in [-0.39, 0.29) is 10.8 Å². The molecule has 0 aromatic heterocycles. The van der Waals surface area contributed by atoms with Crippen LogP contribution in [0.3, 0.4) is 0 Å². The van der Waals surface area contributed by atoms with Crippen molar-refractivity contribution in [3.8, 4) is 5.75 Å². The number of hydrogen-bond donors (Lipinski definition) is 1. The third-order valence-corrected chi connectivity index (χ3v) is 2.82. The number of halogens is 2. The molecule has 1 aromatic rings. The molecule has 0 aliphatic carbocycles. The highest BCUT2D eigenvalue weighted by Gasteiger charge is 2.18. The Morgan fingerprint density at radius 1 is 1.41 bits per heavy atom. The number of methoxy groups -OCH3 is 1. The van der Waals surface area contributed by atoms with Crippen LogP contribution in [0.5, 0.6) is 5.75 Å². The van der Waals surface area contributed by atoms with Gasteiger partial charge in [-0.15, -0.1) is 0 Å². The lowest BCUT2D eigenvalue weighted by Gasteiger charge is -2.14. The maximum atomic E-state index is 12.8. The minimum Gasteiger partial charge on any atom is -0.480 e. The minimum absolute atomic E-state index is 0.0400. The lowest BCUT2D eigenvalue weighted by molar-refractivity contribution is -0.156. The molecule has 1 aromatic carbocycles. The first kappa shape index (κ1) is 18.2. The number of amides is 1. The molecule has 0 saturated carbocycles. The molecule has 1 N–H and O–H groups in total. The van der Waals surface area contributed by atoms with E-state index in [1.54, 1.807) is 0 Å². The Hall–Kier alpha value is -1.86. The first-order valence-corrected chi connectivity index (χ1v) is 6.85. The van der Waals surface area contributed by atoms with E-state index in [1.165, 1.54) is 20.1 Å². The van der Waals surface area contributed by atoms with Crippen LogP contribution in [0.1, 0.15) is 6.92 Å². The summed E-state index contributed by atoms with van der Waals surface area (Å²) in [6, 6.07) is 3.51. The molecule has 1 amide bonds. The number of carbonyl (C=O) groups is 2. The molecule has 0 unspecified atom stereocenters. The molecule has 6 nitrogen and oxygen atoms in total. The number of carbonyl (C=O) groups excluding carboxylic acids is 2. The predicted molar refractivity (Wildman–Crippen MR) is 77.3 cm³/mol. The Labute approximate surface area is 132 Å². The van der Waals surface area contributed by atoms with Crippen LogP contribution in [-0.2, 0) is 19.1 Å². The van der Waals surface area contributed by atoms with E-state index >= 15 is 0 Å². The van der Waals surface area contributed by atoms with Crippen molar-refractivity contribution in [2.45, 2.75) is 13.0 Å². The molecule has 122 valence electrons. The van der Waals surface area contributed by atoms with Gasteiger partial charge in [-0.1, -0.05) is 11.6 Å². The summed E-state index contributed by atoms with van der Waals surface area (Å²) in [6.45, 7) is 1.67. The fourth-order valence-electron chi connectivity index (χ4n) is 1.43. The molecule has 0 radical (unpaired) electrons. The van der Waals surface area contributed by atoms with Crippen molar-refractivity contribution in [3.05, 3.63) is 29.0 Å². The Morgan fingerprint density at radius 3 is 2.77 bits per heavy atom. The highest BCUT2D eigenvalue weighted by atomic mass is 35.5. The number of esters is 1. The van der Waals surface area contributed by atoms with Gasteiger partial charge in [0.25, 0.3) is 5.91 Å². The summed E-state index contributed by atoms with van der Waals surface area (Å²) in [5.74, 6) is -1.54. The van der Waals surface area contributed by atoms with Gasteiger partial charge in [0, 0.05) is 13.7 Å². The van der Waals surface area contributed by atoms with E-state index in [4.69, 9.17) is 25.8 Å². The van der Waals surface area contributed by atoms with Crippen LogP contribution in [0, 0.1) is 5.82 Å². The summed E-state index contributed by atoms with van der Waals surface area (Å²) < 4.78 is 27.6. The zero-order chi connectivity index (χ0) is 16.5. The van der Waals surface area contributed by atoms with Crippen molar-refractivity contribution < 1.29 is 28.2 Å². The van der Waals surface area contributed by atoms with Crippen molar-refractivity contribution in [1.29, 1.82) is 0 Å². The smallest absolute Gasteiger partial charge is 0.344 e. The number of ether oxygens (including phenoxy) is 3. The van der Waals surface area contributed by atoms with Gasteiger partial charge in [-0.3, -0.25) is 4.79 Å². The van der Waals surface area contributed by atoms with Crippen molar-refractivity contribution in [2.75, 3.05) is 26.9 Å². The Bertz CT molecular complexity index is 526. The van der Waals surface area contributed by atoms with Gasteiger partial charge < -0.3 is 19.5 Å². The molecular weight excluding hydrogens is 317 g/mol. The minimum atomic E-state index is -0.961. The average Bonchev–Trinajstić information content (AvgIpc) is 2.46. The number of rotatable bonds is 8. The summed E-state index contributed by atoms with van der Waals surface area (Å²) in [5.41, 5.74) is 0. The fraction of sp³-hybridized carbons (Fsp3) is 0.429. The summed E-state index contributed by atoms with van der Waals surface area (Å²) in [5, 5.41) is 2.57. The Balaban J connectivity index is 2.37. The topological polar surface area (TPSA) is 73.9 Å². The van der Waals surface area contributed by atoms with Gasteiger partial charge in [-0.05, 0) is 25.1 Å². The largest absolute Gasteiger partial charge is 0.480 e. The second-order valence-corrected chi connectivity index (χ2v) is 4.69. The lowest BCUT2D eigenvalue weighted by atomic mass is 10.3. The van der Waals surface area contributed by atoms with E-state index in [0.29, 0.717) is 13.2 Å². The van der Waals surface area contributed by atoms with Crippen LogP contribution in [0.4, 0.5) is 4.39 Å². The fourth-order valence-corrected chi connectivity index (χ4v) is 1.66. The van der Waals surface area contributed by atoms with Crippen LogP contribution < -0.4 is 10.1 Å². The standard InChI is InChI=1S/C14H17ClFNO5/c1-9(14(19)17-5-6-20-2)22-13(18)8-21-12-4-3-10(16)7-11(12)15/h3-4,7,9H,5-6,8H2,1-2H3,(H,17,19)/t9-/m1/s1. The summed E-state index contributed by atoms with van der Waals surface area (Å²) in [4.78, 5) is 23.1. The number of hydrogen-bond acceptors (Lipinski definition) is 5. The highest BCUT2D eigenvalue weighted by Crippen LogP contribution is 2.24. The maximum Gasteiger partial charge on any atom is 0.344 e.